The molecule has 2 amide bonds. The van der Waals surface area contributed by atoms with Gasteiger partial charge in [0, 0.05) is 25.3 Å². The standard InChI is InChI=1S/C13H18N2O3/c1-5-18-13(17)14-11-8-10(7-6-9(11)2)12(16)15(3)4/h6-8H,5H2,1-4H3,(H,14,17). The van der Waals surface area contributed by atoms with Gasteiger partial charge >= 0.3 is 6.09 Å². The Morgan fingerprint density at radius 1 is 1.33 bits per heavy atom. The number of carbonyl (C=O) groups is 2. The quantitative estimate of drug-likeness (QED) is 0.895. The van der Waals surface area contributed by atoms with Crippen molar-refractivity contribution >= 4 is 17.7 Å². The molecule has 0 bridgehead atoms. The maximum absolute atomic E-state index is 11.8. The third kappa shape index (κ3) is 3.48. The van der Waals surface area contributed by atoms with Crippen LogP contribution >= 0.6 is 0 Å². The summed E-state index contributed by atoms with van der Waals surface area (Å²) in [6.07, 6.45) is -0.518. The van der Waals surface area contributed by atoms with Crippen LogP contribution in [0.15, 0.2) is 18.2 Å². The summed E-state index contributed by atoms with van der Waals surface area (Å²) in [7, 11) is 3.36. The van der Waals surface area contributed by atoms with Crippen LogP contribution < -0.4 is 5.32 Å². The molecular formula is C13H18N2O3. The number of ether oxygens (including phenoxy) is 1. The van der Waals surface area contributed by atoms with Crippen LogP contribution in [0.2, 0.25) is 0 Å². The predicted octanol–water partition coefficient (Wildman–Crippen LogP) is 2.27. The molecule has 98 valence electrons. The topological polar surface area (TPSA) is 58.6 Å². The molecule has 1 N–H and O–H groups in total. The fourth-order valence-electron chi connectivity index (χ4n) is 1.43. The highest BCUT2D eigenvalue weighted by molar-refractivity contribution is 5.96. The maximum Gasteiger partial charge on any atom is 0.411 e. The van der Waals surface area contributed by atoms with Gasteiger partial charge in [-0.3, -0.25) is 10.1 Å². The molecule has 0 atom stereocenters. The molecule has 0 fully saturated rings. The lowest BCUT2D eigenvalue weighted by molar-refractivity contribution is 0.0827. The highest BCUT2D eigenvalue weighted by Crippen LogP contribution is 2.18. The Morgan fingerprint density at radius 3 is 2.56 bits per heavy atom. The first-order chi connectivity index (χ1) is 8.45. The molecule has 0 aliphatic carbocycles. The zero-order chi connectivity index (χ0) is 13.7. The molecule has 0 spiro atoms. The normalized spacial score (nSPS) is 9.78. The van der Waals surface area contributed by atoms with Crippen molar-refractivity contribution in [2.45, 2.75) is 13.8 Å². The Balaban J connectivity index is 2.94. The molecule has 5 heteroatoms. The van der Waals surface area contributed by atoms with Crippen molar-refractivity contribution in [2.24, 2.45) is 0 Å². The van der Waals surface area contributed by atoms with Gasteiger partial charge in [-0.05, 0) is 31.5 Å². The predicted molar refractivity (Wildman–Crippen MR) is 69.8 cm³/mol. The van der Waals surface area contributed by atoms with E-state index in [9.17, 15) is 9.59 Å². The number of benzene rings is 1. The second-order valence-electron chi connectivity index (χ2n) is 4.07. The van der Waals surface area contributed by atoms with Crippen molar-refractivity contribution in [3.8, 4) is 0 Å². The van der Waals surface area contributed by atoms with Crippen LogP contribution in [-0.4, -0.2) is 37.6 Å². The van der Waals surface area contributed by atoms with E-state index in [0.29, 0.717) is 17.9 Å². The molecule has 18 heavy (non-hydrogen) atoms. The summed E-state index contributed by atoms with van der Waals surface area (Å²) in [4.78, 5) is 24.6. The van der Waals surface area contributed by atoms with Gasteiger partial charge in [-0.15, -0.1) is 0 Å². The Labute approximate surface area is 107 Å². The van der Waals surface area contributed by atoms with Gasteiger partial charge in [0.25, 0.3) is 5.91 Å². The van der Waals surface area contributed by atoms with Gasteiger partial charge in [0.2, 0.25) is 0 Å². The number of hydrogen-bond donors (Lipinski definition) is 1. The van der Waals surface area contributed by atoms with Crippen molar-refractivity contribution in [1.82, 2.24) is 4.90 Å². The maximum atomic E-state index is 11.8. The molecule has 0 radical (unpaired) electrons. The Kier molecular flexibility index (Phi) is 4.71. The van der Waals surface area contributed by atoms with Crippen LogP contribution in [0.25, 0.3) is 0 Å². The van der Waals surface area contributed by atoms with Gasteiger partial charge < -0.3 is 9.64 Å². The SMILES string of the molecule is CCOC(=O)Nc1cc(C(=O)N(C)C)ccc1C. The van der Waals surface area contributed by atoms with Crippen LogP contribution in [0.5, 0.6) is 0 Å². The van der Waals surface area contributed by atoms with Crippen molar-refractivity contribution in [2.75, 3.05) is 26.0 Å². The van der Waals surface area contributed by atoms with E-state index in [1.807, 2.05) is 6.92 Å². The number of anilines is 1. The number of hydrogen-bond acceptors (Lipinski definition) is 3. The Hall–Kier alpha value is -2.04. The van der Waals surface area contributed by atoms with E-state index in [2.05, 4.69) is 5.32 Å². The first kappa shape index (κ1) is 14.0. The molecular weight excluding hydrogens is 232 g/mol. The monoisotopic (exact) mass is 250 g/mol. The second kappa shape index (κ2) is 6.05. The van der Waals surface area contributed by atoms with Crippen LogP contribution in [0, 0.1) is 6.92 Å². The number of nitrogens with zero attached hydrogens (tertiary/aromatic N) is 1. The van der Waals surface area contributed by atoms with Crippen LogP contribution in [-0.2, 0) is 4.74 Å². The minimum absolute atomic E-state index is 0.109. The molecule has 0 aliphatic rings. The molecule has 0 aliphatic heterocycles. The van der Waals surface area contributed by atoms with Crippen LogP contribution in [0.4, 0.5) is 10.5 Å². The number of aryl methyl sites for hydroxylation is 1. The van der Waals surface area contributed by atoms with Crippen molar-refractivity contribution < 1.29 is 14.3 Å². The van der Waals surface area contributed by atoms with E-state index in [1.165, 1.54) is 4.90 Å². The van der Waals surface area contributed by atoms with Crippen LogP contribution in [0.1, 0.15) is 22.8 Å². The van der Waals surface area contributed by atoms with E-state index >= 15 is 0 Å². The van der Waals surface area contributed by atoms with E-state index < -0.39 is 6.09 Å². The van der Waals surface area contributed by atoms with Gasteiger partial charge in [0.15, 0.2) is 0 Å². The first-order valence-electron chi connectivity index (χ1n) is 5.71. The summed E-state index contributed by atoms with van der Waals surface area (Å²) in [5.74, 6) is -0.109. The van der Waals surface area contributed by atoms with Gasteiger partial charge in [-0.25, -0.2) is 4.79 Å². The summed E-state index contributed by atoms with van der Waals surface area (Å²) in [6.45, 7) is 3.89. The molecule has 0 unspecified atom stereocenters. The minimum Gasteiger partial charge on any atom is -0.450 e. The fourth-order valence-corrected chi connectivity index (χ4v) is 1.43. The molecule has 0 saturated heterocycles. The second-order valence-corrected chi connectivity index (χ2v) is 4.07. The average molecular weight is 250 g/mol. The van der Waals surface area contributed by atoms with Gasteiger partial charge in [0.1, 0.15) is 0 Å². The molecule has 1 aromatic carbocycles. The summed E-state index contributed by atoms with van der Waals surface area (Å²) >= 11 is 0. The zero-order valence-electron chi connectivity index (χ0n) is 11.1. The van der Waals surface area contributed by atoms with Crippen LogP contribution in [0.3, 0.4) is 0 Å². The molecule has 1 aromatic rings. The molecule has 5 nitrogen and oxygen atoms in total. The lowest BCUT2D eigenvalue weighted by Crippen LogP contribution is -2.22. The molecule has 0 aromatic heterocycles. The van der Waals surface area contributed by atoms with E-state index in [-0.39, 0.29) is 5.91 Å². The van der Waals surface area contributed by atoms with Gasteiger partial charge in [-0.2, -0.15) is 0 Å². The smallest absolute Gasteiger partial charge is 0.411 e. The summed E-state index contributed by atoms with van der Waals surface area (Å²) < 4.78 is 4.80. The summed E-state index contributed by atoms with van der Waals surface area (Å²) in [6, 6.07) is 5.17. The first-order valence-corrected chi connectivity index (χ1v) is 5.71. The average Bonchev–Trinajstić information content (AvgIpc) is 2.31. The van der Waals surface area contributed by atoms with E-state index in [4.69, 9.17) is 4.74 Å². The van der Waals surface area contributed by atoms with Crippen molar-refractivity contribution in [3.05, 3.63) is 29.3 Å². The van der Waals surface area contributed by atoms with Crippen molar-refractivity contribution in [3.63, 3.8) is 0 Å². The number of amides is 2. The van der Waals surface area contributed by atoms with Gasteiger partial charge in [-0.1, -0.05) is 6.07 Å². The summed E-state index contributed by atoms with van der Waals surface area (Å²) in [5, 5.41) is 2.61. The van der Waals surface area contributed by atoms with E-state index in [1.54, 1.807) is 39.2 Å². The largest absolute Gasteiger partial charge is 0.450 e. The third-order valence-corrected chi connectivity index (χ3v) is 2.40. The number of rotatable bonds is 3. The molecule has 1 rings (SSSR count). The van der Waals surface area contributed by atoms with E-state index in [0.717, 1.165) is 5.56 Å². The van der Waals surface area contributed by atoms with Gasteiger partial charge in [0.05, 0.1) is 6.61 Å². The lowest BCUT2D eigenvalue weighted by atomic mass is 10.1. The summed E-state index contributed by atoms with van der Waals surface area (Å²) in [5.41, 5.74) is 1.98. The molecule has 0 saturated carbocycles. The Morgan fingerprint density at radius 2 is 2.00 bits per heavy atom. The lowest BCUT2D eigenvalue weighted by Gasteiger charge is -2.13. The number of carbonyl (C=O) groups excluding carboxylic acids is 2. The highest BCUT2D eigenvalue weighted by atomic mass is 16.5. The minimum atomic E-state index is -0.518. The fraction of sp³-hybridized carbons (Fsp3) is 0.385. The third-order valence-electron chi connectivity index (χ3n) is 2.40. The number of nitrogens with one attached hydrogen (secondary N) is 1. The highest BCUT2D eigenvalue weighted by Gasteiger charge is 2.11. The zero-order valence-corrected chi connectivity index (χ0v) is 11.1. The molecule has 0 heterocycles. The Bertz CT molecular complexity index is 456. The van der Waals surface area contributed by atoms with Crippen molar-refractivity contribution in [1.29, 1.82) is 0 Å².